The van der Waals surface area contributed by atoms with Crippen molar-refractivity contribution in [3.05, 3.63) is 41.5 Å². The van der Waals surface area contributed by atoms with Crippen LogP contribution in [0.1, 0.15) is 25.3 Å². The van der Waals surface area contributed by atoms with E-state index in [4.69, 9.17) is 4.74 Å². The lowest BCUT2D eigenvalue weighted by molar-refractivity contribution is -0.940. The maximum atomic E-state index is 12.9. The van der Waals surface area contributed by atoms with Gasteiger partial charge in [-0.3, -0.25) is 4.79 Å². The maximum Gasteiger partial charge on any atom is 0.311 e. The standard InChI is InChI=1S/C22H29N2O3/c1-4-13-12-24(2)10-9-22-15-7-5-6-8-16(15)23-19(22)17(24)11-14(13)18(20(22)25)21(26)27-3/h4-8,14,17-20,23,25H,9-12H2,1-3H3/q+1. The van der Waals surface area contributed by atoms with Crippen molar-refractivity contribution in [2.45, 2.75) is 43.4 Å². The van der Waals surface area contributed by atoms with Crippen LogP contribution in [0.2, 0.25) is 0 Å². The lowest BCUT2D eigenvalue weighted by atomic mass is 9.64. The molecule has 27 heavy (non-hydrogen) atoms. The zero-order valence-corrected chi connectivity index (χ0v) is 16.3. The fraction of sp³-hybridized carbons (Fsp3) is 0.591. The number of aliphatic hydroxyl groups is 1. The predicted molar refractivity (Wildman–Crippen MR) is 103 cm³/mol. The number of ether oxygens (including phenoxy) is 1. The monoisotopic (exact) mass is 369 g/mol. The number of carbonyl (C=O) groups is 1. The molecule has 5 rings (SSSR count). The largest absolute Gasteiger partial charge is 0.469 e. The van der Waals surface area contributed by atoms with Crippen LogP contribution < -0.4 is 5.32 Å². The molecule has 2 N–H and O–H groups in total. The Kier molecular flexibility index (Phi) is 3.57. The highest BCUT2D eigenvalue weighted by atomic mass is 16.5. The normalized spacial score (nSPS) is 45.6. The summed E-state index contributed by atoms with van der Waals surface area (Å²) in [5.41, 5.74) is 3.18. The Labute approximate surface area is 160 Å². The number of benzene rings is 1. The van der Waals surface area contributed by atoms with Crippen LogP contribution in [0.4, 0.5) is 5.69 Å². The first-order valence-corrected chi connectivity index (χ1v) is 10.1. The van der Waals surface area contributed by atoms with E-state index < -0.39 is 17.4 Å². The van der Waals surface area contributed by atoms with Gasteiger partial charge in [0.1, 0.15) is 12.6 Å². The summed E-state index contributed by atoms with van der Waals surface area (Å²) in [4.78, 5) is 12.9. The van der Waals surface area contributed by atoms with Gasteiger partial charge >= 0.3 is 5.97 Å². The zero-order chi connectivity index (χ0) is 19.0. The van der Waals surface area contributed by atoms with Gasteiger partial charge in [-0.05, 0) is 24.1 Å². The van der Waals surface area contributed by atoms with E-state index >= 15 is 0 Å². The number of esters is 1. The van der Waals surface area contributed by atoms with Crippen LogP contribution in [0.3, 0.4) is 0 Å². The van der Waals surface area contributed by atoms with Crippen LogP contribution in [-0.2, 0) is 14.9 Å². The highest BCUT2D eigenvalue weighted by molar-refractivity contribution is 5.76. The van der Waals surface area contributed by atoms with Gasteiger partial charge in [0, 0.05) is 24.4 Å². The van der Waals surface area contributed by atoms with Gasteiger partial charge in [0.15, 0.2) is 0 Å². The van der Waals surface area contributed by atoms with E-state index in [1.807, 2.05) is 6.07 Å². The molecule has 7 unspecified atom stereocenters. The smallest absolute Gasteiger partial charge is 0.311 e. The highest BCUT2D eigenvalue weighted by Crippen LogP contribution is 2.59. The molecule has 3 fully saturated rings. The van der Waals surface area contributed by atoms with Gasteiger partial charge < -0.3 is 19.6 Å². The molecule has 144 valence electrons. The molecule has 4 aliphatic rings. The molecular weight excluding hydrogens is 340 g/mol. The summed E-state index contributed by atoms with van der Waals surface area (Å²) in [5.74, 6) is -0.718. The average Bonchev–Trinajstić information content (AvgIpc) is 3.01. The van der Waals surface area contributed by atoms with Crippen LogP contribution in [-0.4, -0.2) is 61.0 Å². The van der Waals surface area contributed by atoms with E-state index in [1.54, 1.807) is 0 Å². The molecule has 2 saturated heterocycles. The van der Waals surface area contributed by atoms with Crippen molar-refractivity contribution >= 4 is 11.7 Å². The summed E-state index contributed by atoms with van der Waals surface area (Å²) < 4.78 is 6.20. The van der Waals surface area contributed by atoms with Gasteiger partial charge in [-0.15, -0.1) is 0 Å². The Morgan fingerprint density at radius 3 is 2.93 bits per heavy atom. The van der Waals surface area contributed by atoms with E-state index in [9.17, 15) is 9.90 Å². The minimum Gasteiger partial charge on any atom is -0.469 e. The van der Waals surface area contributed by atoms with Crippen molar-refractivity contribution in [2.24, 2.45) is 11.8 Å². The third-order valence-electron chi connectivity index (χ3n) is 8.18. The second-order valence-electron chi connectivity index (χ2n) is 9.09. The number of carbonyl (C=O) groups excluding carboxylic acids is 1. The third kappa shape index (κ3) is 1.99. The van der Waals surface area contributed by atoms with Crippen molar-refractivity contribution in [1.29, 1.82) is 0 Å². The molecular formula is C22H29N2O3+. The number of aliphatic hydroxyl groups excluding tert-OH is 1. The Morgan fingerprint density at radius 1 is 1.41 bits per heavy atom. The second kappa shape index (κ2) is 5.58. The van der Waals surface area contributed by atoms with Crippen molar-refractivity contribution in [1.82, 2.24) is 0 Å². The summed E-state index contributed by atoms with van der Waals surface area (Å²) in [5, 5.41) is 15.6. The average molecular weight is 369 g/mol. The van der Waals surface area contributed by atoms with Crippen LogP contribution in [0.5, 0.6) is 0 Å². The number of hydrogen-bond acceptors (Lipinski definition) is 4. The number of nitrogens with zero attached hydrogens (tertiary/aromatic N) is 1. The molecule has 1 aromatic carbocycles. The van der Waals surface area contributed by atoms with Gasteiger partial charge in [-0.25, -0.2) is 0 Å². The van der Waals surface area contributed by atoms with Crippen molar-refractivity contribution in [3.63, 3.8) is 0 Å². The summed E-state index contributed by atoms with van der Waals surface area (Å²) in [7, 11) is 3.80. The summed E-state index contributed by atoms with van der Waals surface area (Å²) in [6, 6.07) is 8.88. The van der Waals surface area contributed by atoms with E-state index in [0.29, 0.717) is 6.04 Å². The van der Waals surface area contributed by atoms with Crippen molar-refractivity contribution in [2.75, 3.05) is 32.6 Å². The molecule has 0 spiro atoms. The number of piperidine rings is 2. The van der Waals surface area contributed by atoms with Gasteiger partial charge in [0.2, 0.25) is 0 Å². The fourth-order valence-corrected chi connectivity index (χ4v) is 6.85. The fourth-order valence-electron chi connectivity index (χ4n) is 6.85. The van der Waals surface area contributed by atoms with Crippen LogP contribution in [0.25, 0.3) is 0 Å². The number of hydrogen-bond donors (Lipinski definition) is 2. The SMILES string of the molecule is CC=C1C[N+]2(C)CCC34c5ccccc5NC3C2CC1C(C(=O)OC)C4O. The molecule has 3 bridgehead atoms. The molecule has 3 heterocycles. The van der Waals surface area contributed by atoms with Crippen LogP contribution in [0, 0.1) is 11.8 Å². The Bertz CT molecular complexity index is 837. The predicted octanol–water partition coefficient (Wildman–Crippen LogP) is 2.07. The zero-order valence-electron chi connectivity index (χ0n) is 16.3. The van der Waals surface area contributed by atoms with Gasteiger partial charge in [-0.2, -0.15) is 0 Å². The molecule has 7 atom stereocenters. The topological polar surface area (TPSA) is 58.6 Å². The van der Waals surface area contributed by atoms with Gasteiger partial charge in [0.25, 0.3) is 0 Å². The number of likely N-dealkylation sites (N-methyl/N-ethyl adjacent to an activating group) is 1. The van der Waals surface area contributed by atoms with Crippen molar-refractivity contribution in [3.8, 4) is 0 Å². The molecule has 5 heteroatoms. The molecule has 0 aromatic heterocycles. The molecule has 1 saturated carbocycles. The number of fused-ring (bicyclic) bond motifs is 2. The number of allylic oxidation sites excluding steroid dienone is 1. The minimum atomic E-state index is -0.747. The second-order valence-corrected chi connectivity index (χ2v) is 9.09. The lowest BCUT2D eigenvalue weighted by Crippen LogP contribution is -2.70. The quantitative estimate of drug-likeness (QED) is 0.452. The van der Waals surface area contributed by atoms with Crippen LogP contribution in [0.15, 0.2) is 35.9 Å². The molecule has 3 aliphatic heterocycles. The maximum absolute atomic E-state index is 12.9. The van der Waals surface area contributed by atoms with E-state index in [1.165, 1.54) is 18.2 Å². The first-order chi connectivity index (χ1) is 13.0. The number of para-hydroxylation sites is 1. The Hall–Kier alpha value is -1.85. The number of quaternary nitrogens is 1. The highest BCUT2D eigenvalue weighted by Gasteiger charge is 2.69. The molecule has 0 radical (unpaired) electrons. The first kappa shape index (κ1) is 17.3. The third-order valence-corrected chi connectivity index (χ3v) is 8.18. The molecule has 0 amide bonds. The van der Waals surface area contributed by atoms with E-state index in [0.717, 1.165) is 36.1 Å². The summed E-state index contributed by atoms with van der Waals surface area (Å²) in [6.07, 6.45) is 3.22. The van der Waals surface area contributed by atoms with Gasteiger partial charge in [-0.1, -0.05) is 24.3 Å². The Morgan fingerprint density at radius 2 is 2.19 bits per heavy atom. The van der Waals surface area contributed by atoms with Gasteiger partial charge in [0.05, 0.1) is 44.2 Å². The number of nitrogens with one attached hydrogen (secondary N) is 1. The molecule has 1 aliphatic carbocycles. The molecule has 1 aromatic rings. The first-order valence-electron chi connectivity index (χ1n) is 10.1. The summed E-state index contributed by atoms with van der Waals surface area (Å²) in [6.45, 7) is 4.04. The number of methoxy groups -OCH3 is 1. The minimum absolute atomic E-state index is 0.0585. The Balaban J connectivity index is 1.76. The molecule has 5 nitrogen and oxygen atoms in total. The number of rotatable bonds is 1. The summed E-state index contributed by atoms with van der Waals surface area (Å²) >= 11 is 0. The van der Waals surface area contributed by atoms with E-state index in [-0.39, 0.29) is 17.9 Å². The lowest BCUT2D eigenvalue weighted by Gasteiger charge is -2.55. The number of anilines is 1. The van der Waals surface area contributed by atoms with E-state index in [2.05, 4.69) is 43.6 Å². The van der Waals surface area contributed by atoms with Crippen LogP contribution >= 0.6 is 0 Å². The van der Waals surface area contributed by atoms with Crippen molar-refractivity contribution < 1.29 is 19.1 Å².